The highest BCUT2D eigenvalue weighted by atomic mass is 15.4. The van der Waals surface area contributed by atoms with E-state index in [4.69, 9.17) is 0 Å². The van der Waals surface area contributed by atoms with Gasteiger partial charge in [-0.05, 0) is 12.8 Å². The van der Waals surface area contributed by atoms with Crippen LogP contribution < -0.4 is 4.90 Å². The first-order valence-electron chi connectivity index (χ1n) is 7.04. The van der Waals surface area contributed by atoms with Crippen molar-refractivity contribution in [2.45, 2.75) is 25.4 Å². The van der Waals surface area contributed by atoms with Crippen LogP contribution in [0.25, 0.3) is 11.0 Å². The lowest BCUT2D eigenvalue weighted by Crippen LogP contribution is -2.33. The van der Waals surface area contributed by atoms with Gasteiger partial charge >= 0.3 is 0 Å². The van der Waals surface area contributed by atoms with Crippen molar-refractivity contribution in [2.24, 2.45) is 7.05 Å². The summed E-state index contributed by atoms with van der Waals surface area (Å²) in [4.78, 5) is 15.2. The zero-order valence-electron chi connectivity index (χ0n) is 11.8. The van der Waals surface area contributed by atoms with E-state index in [2.05, 4.69) is 30.0 Å². The number of aryl methyl sites for hydroxylation is 1. The van der Waals surface area contributed by atoms with Crippen LogP contribution in [-0.2, 0) is 13.6 Å². The molecule has 1 aliphatic heterocycles. The van der Waals surface area contributed by atoms with E-state index in [1.165, 1.54) is 0 Å². The second-order valence-corrected chi connectivity index (χ2v) is 5.31. The molecule has 0 aliphatic carbocycles. The SMILES string of the molecule is Cn1ncc2c(N3CCC[C@@H]3Cn3cncn3)ncnc21. The second-order valence-electron chi connectivity index (χ2n) is 5.31. The van der Waals surface area contributed by atoms with Crippen molar-refractivity contribution < 1.29 is 0 Å². The van der Waals surface area contributed by atoms with E-state index in [0.29, 0.717) is 6.04 Å². The fourth-order valence-electron chi connectivity index (χ4n) is 3.03. The summed E-state index contributed by atoms with van der Waals surface area (Å²) in [6.07, 6.45) is 9.08. The molecular weight excluding hydrogens is 268 g/mol. The normalized spacial score (nSPS) is 18.7. The summed E-state index contributed by atoms with van der Waals surface area (Å²) in [7, 11) is 1.90. The molecule has 3 aromatic heterocycles. The molecule has 1 atom stereocenters. The van der Waals surface area contributed by atoms with Crippen LogP contribution in [0.1, 0.15) is 12.8 Å². The Labute approximate surface area is 121 Å². The first-order valence-corrected chi connectivity index (χ1v) is 7.04. The zero-order valence-corrected chi connectivity index (χ0v) is 11.8. The topological polar surface area (TPSA) is 77.5 Å². The van der Waals surface area contributed by atoms with E-state index in [0.717, 1.165) is 42.8 Å². The lowest BCUT2D eigenvalue weighted by Gasteiger charge is -2.25. The average Bonchev–Trinajstić information content (AvgIpc) is 3.22. The van der Waals surface area contributed by atoms with E-state index < -0.39 is 0 Å². The van der Waals surface area contributed by atoms with Crippen LogP contribution >= 0.6 is 0 Å². The molecular formula is C13H16N8. The van der Waals surface area contributed by atoms with Gasteiger partial charge in [-0.1, -0.05) is 0 Å². The largest absolute Gasteiger partial charge is 0.351 e. The molecule has 0 N–H and O–H groups in total. The number of hydrogen-bond acceptors (Lipinski definition) is 6. The van der Waals surface area contributed by atoms with Gasteiger partial charge < -0.3 is 4.90 Å². The molecule has 0 spiro atoms. The molecule has 0 radical (unpaired) electrons. The predicted octanol–water partition coefficient (Wildman–Crippen LogP) is 0.624. The summed E-state index contributed by atoms with van der Waals surface area (Å²) in [5.74, 6) is 0.968. The summed E-state index contributed by atoms with van der Waals surface area (Å²) in [6, 6.07) is 0.380. The van der Waals surface area contributed by atoms with Crippen molar-refractivity contribution in [1.29, 1.82) is 0 Å². The molecule has 0 aromatic carbocycles. The third kappa shape index (κ3) is 2.03. The minimum Gasteiger partial charge on any atom is -0.351 e. The number of hydrogen-bond donors (Lipinski definition) is 0. The van der Waals surface area contributed by atoms with Crippen LogP contribution in [0.3, 0.4) is 0 Å². The Morgan fingerprint density at radius 1 is 1.24 bits per heavy atom. The highest BCUT2D eigenvalue weighted by Gasteiger charge is 2.28. The molecule has 0 saturated carbocycles. The molecule has 4 rings (SSSR count). The number of nitrogens with zero attached hydrogens (tertiary/aromatic N) is 8. The van der Waals surface area contributed by atoms with E-state index in [9.17, 15) is 0 Å². The van der Waals surface area contributed by atoms with Gasteiger partial charge in [-0.2, -0.15) is 10.2 Å². The lowest BCUT2D eigenvalue weighted by molar-refractivity contribution is 0.507. The number of aromatic nitrogens is 7. The smallest absolute Gasteiger partial charge is 0.163 e. The molecule has 1 fully saturated rings. The van der Waals surface area contributed by atoms with Crippen LogP contribution in [-0.4, -0.2) is 47.1 Å². The number of fused-ring (bicyclic) bond motifs is 1. The molecule has 0 unspecified atom stereocenters. The maximum Gasteiger partial charge on any atom is 0.163 e. The summed E-state index contributed by atoms with van der Waals surface area (Å²) in [5, 5.41) is 9.50. The van der Waals surface area contributed by atoms with Crippen molar-refractivity contribution in [3.63, 3.8) is 0 Å². The summed E-state index contributed by atoms with van der Waals surface area (Å²) in [6.45, 7) is 1.83. The van der Waals surface area contributed by atoms with Crippen LogP contribution in [0.4, 0.5) is 5.82 Å². The molecule has 1 aliphatic rings. The highest BCUT2D eigenvalue weighted by Crippen LogP contribution is 2.29. The Bertz CT molecular complexity index is 747. The Kier molecular flexibility index (Phi) is 2.80. The van der Waals surface area contributed by atoms with Crippen LogP contribution in [0, 0.1) is 0 Å². The minimum absolute atomic E-state index is 0.380. The maximum atomic E-state index is 4.50. The second kappa shape index (κ2) is 4.80. The molecule has 0 amide bonds. The predicted molar refractivity (Wildman–Crippen MR) is 76.7 cm³/mol. The summed E-state index contributed by atoms with van der Waals surface area (Å²) < 4.78 is 3.66. The van der Waals surface area contributed by atoms with Crippen LogP contribution in [0.5, 0.6) is 0 Å². The number of anilines is 1. The van der Waals surface area contributed by atoms with Crippen LogP contribution in [0.15, 0.2) is 25.2 Å². The Balaban J connectivity index is 1.70. The molecule has 8 nitrogen and oxygen atoms in total. The van der Waals surface area contributed by atoms with Gasteiger partial charge in [0.2, 0.25) is 0 Å². The van der Waals surface area contributed by atoms with E-state index in [-0.39, 0.29) is 0 Å². The van der Waals surface area contributed by atoms with Crippen molar-refractivity contribution in [1.82, 2.24) is 34.5 Å². The summed E-state index contributed by atoms with van der Waals surface area (Å²) >= 11 is 0. The number of rotatable bonds is 3. The third-order valence-electron chi connectivity index (χ3n) is 4.02. The van der Waals surface area contributed by atoms with Crippen molar-refractivity contribution in [2.75, 3.05) is 11.4 Å². The van der Waals surface area contributed by atoms with E-state index >= 15 is 0 Å². The molecule has 21 heavy (non-hydrogen) atoms. The lowest BCUT2D eigenvalue weighted by atomic mass is 10.2. The molecule has 108 valence electrons. The van der Waals surface area contributed by atoms with Gasteiger partial charge in [-0.15, -0.1) is 0 Å². The quantitative estimate of drug-likeness (QED) is 0.702. The van der Waals surface area contributed by atoms with E-state index in [1.54, 1.807) is 23.7 Å². The Morgan fingerprint density at radius 2 is 2.19 bits per heavy atom. The van der Waals surface area contributed by atoms with Gasteiger partial charge in [-0.3, -0.25) is 9.36 Å². The Hall–Kier alpha value is -2.51. The summed E-state index contributed by atoms with van der Waals surface area (Å²) in [5.41, 5.74) is 0.867. The fraction of sp³-hybridized carbons (Fsp3) is 0.462. The van der Waals surface area contributed by atoms with Gasteiger partial charge in [0, 0.05) is 13.6 Å². The first-order chi connectivity index (χ1) is 10.3. The monoisotopic (exact) mass is 284 g/mol. The molecule has 0 bridgehead atoms. The van der Waals surface area contributed by atoms with E-state index in [1.807, 2.05) is 17.9 Å². The average molecular weight is 284 g/mol. The molecule has 1 saturated heterocycles. The van der Waals surface area contributed by atoms with Gasteiger partial charge in [0.25, 0.3) is 0 Å². The molecule has 3 aromatic rings. The van der Waals surface area contributed by atoms with Crippen molar-refractivity contribution in [3.8, 4) is 0 Å². The molecule has 8 heteroatoms. The molecule has 4 heterocycles. The third-order valence-corrected chi connectivity index (χ3v) is 4.02. The standard InChI is InChI=1S/C13H16N8/c1-19-12-11(5-17-19)13(16-8-15-12)21-4-2-3-10(21)6-20-9-14-7-18-20/h5,7-10H,2-4,6H2,1H3/t10-/m1/s1. The van der Waals surface area contributed by atoms with Crippen molar-refractivity contribution in [3.05, 3.63) is 25.2 Å². The maximum absolute atomic E-state index is 4.50. The van der Waals surface area contributed by atoms with Gasteiger partial charge in [0.05, 0.1) is 24.2 Å². The fourth-order valence-corrected chi connectivity index (χ4v) is 3.03. The Morgan fingerprint density at radius 3 is 3.05 bits per heavy atom. The minimum atomic E-state index is 0.380. The van der Waals surface area contributed by atoms with Gasteiger partial charge in [0.15, 0.2) is 5.65 Å². The van der Waals surface area contributed by atoms with Gasteiger partial charge in [-0.25, -0.2) is 15.0 Å². The first kappa shape index (κ1) is 12.2. The van der Waals surface area contributed by atoms with Gasteiger partial charge in [0.1, 0.15) is 24.8 Å². The van der Waals surface area contributed by atoms with Crippen molar-refractivity contribution >= 4 is 16.9 Å². The zero-order chi connectivity index (χ0) is 14.2. The highest BCUT2D eigenvalue weighted by molar-refractivity contribution is 5.86. The van der Waals surface area contributed by atoms with Crippen LogP contribution in [0.2, 0.25) is 0 Å².